The molecule has 0 aliphatic heterocycles. The van der Waals surface area contributed by atoms with Gasteiger partial charge in [-0.2, -0.15) is 9.90 Å². The normalized spacial score (nSPS) is 11.9. The van der Waals surface area contributed by atoms with E-state index in [1.165, 1.54) is 7.11 Å². The highest BCUT2D eigenvalue weighted by molar-refractivity contribution is 7.90. The quantitative estimate of drug-likeness (QED) is 0.826. The smallest absolute Gasteiger partial charge is 0.285 e. The monoisotopic (exact) mass is 351 g/mol. The molecule has 6 nitrogen and oxygen atoms in total. The first-order valence-electron chi connectivity index (χ1n) is 5.98. The largest absolute Gasteiger partial charge is 0.495 e. The van der Waals surface area contributed by atoms with Crippen molar-refractivity contribution in [3.8, 4) is 5.75 Å². The van der Waals surface area contributed by atoms with Gasteiger partial charge in [0.15, 0.2) is 15.5 Å². The molecule has 2 aromatic rings. The van der Waals surface area contributed by atoms with Crippen LogP contribution in [0.3, 0.4) is 0 Å². The van der Waals surface area contributed by atoms with E-state index in [1.807, 2.05) is 0 Å². The maximum atomic E-state index is 12.9. The third-order valence-corrected chi connectivity index (χ3v) is 4.20. The van der Waals surface area contributed by atoms with Crippen LogP contribution in [0.1, 0.15) is 17.7 Å². The number of rotatable bonds is 5. The predicted octanol–water partition coefficient (Wildman–Crippen LogP) is 2.33. The maximum absolute atomic E-state index is 12.9. The van der Waals surface area contributed by atoms with Gasteiger partial charge in [-0.15, -0.1) is 5.10 Å². The highest BCUT2D eigenvalue weighted by atomic mass is 35.5. The van der Waals surface area contributed by atoms with Crippen molar-refractivity contribution in [1.29, 1.82) is 0 Å². The van der Waals surface area contributed by atoms with Gasteiger partial charge in [-0.25, -0.2) is 17.2 Å². The molecule has 1 heterocycles. The van der Waals surface area contributed by atoms with Crippen LogP contribution >= 0.6 is 11.6 Å². The molecule has 0 aliphatic rings. The molecule has 0 fully saturated rings. The molecule has 0 atom stereocenters. The summed E-state index contributed by atoms with van der Waals surface area (Å²) in [5.74, 6) is 0.406. The number of sulfone groups is 1. The Morgan fingerprint density at radius 3 is 2.55 bits per heavy atom. The van der Waals surface area contributed by atoms with E-state index in [0.29, 0.717) is 11.3 Å². The first-order chi connectivity index (χ1) is 10.2. The summed E-state index contributed by atoms with van der Waals surface area (Å²) in [4.78, 5) is 0.874. The topological polar surface area (TPSA) is 74.1 Å². The molecule has 1 aromatic heterocycles. The number of benzene rings is 1. The molecule has 0 radical (unpaired) electrons. The number of ether oxygens (including phenoxy) is 1. The molecule has 22 heavy (non-hydrogen) atoms. The van der Waals surface area contributed by atoms with Crippen LogP contribution in [0.2, 0.25) is 5.02 Å². The fourth-order valence-corrected chi connectivity index (χ4v) is 2.82. The number of hydrogen-bond acceptors (Lipinski definition) is 5. The fourth-order valence-electron chi connectivity index (χ4n) is 1.81. The molecule has 0 N–H and O–H groups in total. The average Bonchev–Trinajstić information content (AvgIpc) is 2.85. The van der Waals surface area contributed by atoms with E-state index in [2.05, 4.69) is 10.2 Å². The Morgan fingerprint density at radius 1 is 1.36 bits per heavy atom. The lowest BCUT2D eigenvalue weighted by atomic mass is 10.2. The van der Waals surface area contributed by atoms with Crippen LogP contribution in [0, 0.1) is 0 Å². The SMILES string of the molecule is COc1cccc(Cn2nc(C(F)F)c(S(C)(=O)=O)n2)c1Cl. The van der Waals surface area contributed by atoms with Gasteiger partial charge in [0, 0.05) is 6.26 Å². The Bertz CT molecular complexity index is 793. The number of aromatic nitrogens is 3. The van der Waals surface area contributed by atoms with E-state index in [9.17, 15) is 17.2 Å². The zero-order chi connectivity index (χ0) is 16.5. The summed E-state index contributed by atoms with van der Waals surface area (Å²) in [6.45, 7) is -0.0642. The number of alkyl halides is 2. The van der Waals surface area contributed by atoms with Gasteiger partial charge in [-0.1, -0.05) is 23.7 Å². The molecule has 0 spiro atoms. The lowest BCUT2D eigenvalue weighted by molar-refractivity contribution is 0.141. The summed E-state index contributed by atoms with van der Waals surface area (Å²) in [6, 6.07) is 4.93. The summed E-state index contributed by atoms with van der Waals surface area (Å²) in [6.07, 6.45) is -2.24. The number of hydrogen-bond donors (Lipinski definition) is 0. The molecule has 1 aromatic carbocycles. The zero-order valence-electron chi connectivity index (χ0n) is 11.6. The van der Waals surface area contributed by atoms with Crippen molar-refractivity contribution in [3.05, 3.63) is 34.5 Å². The minimum Gasteiger partial charge on any atom is -0.495 e. The van der Waals surface area contributed by atoms with Crippen LogP contribution in [0.15, 0.2) is 23.2 Å². The van der Waals surface area contributed by atoms with Crippen LogP contribution in [-0.2, 0) is 16.4 Å². The lowest BCUT2D eigenvalue weighted by Gasteiger charge is -2.07. The first-order valence-corrected chi connectivity index (χ1v) is 8.25. The highest BCUT2D eigenvalue weighted by Crippen LogP contribution is 2.29. The molecule has 0 saturated carbocycles. The Morgan fingerprint density at radius 2 is 2.05 bits per heavy atom. The van der Waals surface area contributed by atoms with Gasteiger partial charge in [-0.3, -0.25) is 0 Å². The molecule has 0 amide bonds. The Balaban J connectivity index is 2.43. The van der Waals surface area contributed by atoms with Crippen molar-refractivity contribution in [2.24, 2.45) is 0 Å². The molecule has 0 bridgehead atoms. The van der Waals surface area contributed by atoms with Gasteiger partial charge in [-0.05, 0) is 11.6 Å². The predicted molar refractivity (Wildman–Crippen MR) is 75.2 cm³/mol. The van der Waals surface area contributed by atoms with E-state index < -0.39 is 27.0 Å². The van der Waals surface area contributed by atoms with E-state index in [4.69, 9.17) is 16.3 Å². The standard InChI is InChI=1S/C12H12ClF2N3O3S/c1-21-8-5-3-4-7(9(8)13)6-18-16-10(11(14)15)12(17-18)22(2,19)20/h3-5,11H,6H2,1-2H3. The van der Waals surface area contributed by atoms with Crippen molar-refractivity contribution < 1.29 is 21.9 Å². The first kappa shape index (κ1) is 16.6. The second-order valence-corrected chi connectivity index (χ2v) is 6.74. The second-order valence-electron chi connectivity index (χ2n) is 4.43. The van der Waals surface area contributed by atoms with Crippen LogP contribution in [0.4, 0.5) is 8.78 Å². The van der Waals surface area contributed by atoms with E-state index >= 15 is 0 Å². The highest BCUT2D eigenvalue weighted by Gasteiger charge is 2.27. The summed E-state index contributed by atoms with van der Waals surface area (Å²) in [7, 11) is -2.47. The van der Waals surface area contributed by atoms with Crippen molar-refractivity contribution in [2.45, 2.75) is 18.0 Å². The van der Waals surface area contributed by atoms with E-state index in [-0.39, 0.29) is 11.6 Å². The van der Waals surface area contributed by atoms with Crippen LogP contribution in [0.5, 0.6) is 5.75 Å². The minimum atomic E-state index is -3.91. The van der Waals surface area contributed by atoms with Gasteiger partial charge in [0.05, 0.1) is 18.7 Å². The number of halogens is 3. The van der Waals surface area contributed by atoms with E-state index in [1.54, 1.807) is 18.2 Å². The number of methoxy groups -OCH3 is 1. The Kier molecular flexibility index (Phi) is 4.66. The van der Waals surface area contributed by atoms with Crippen LogP contribution in [-0.4, -0.2) is 36.8 Å². The second kappa shape index (κ2) is 6.17. The summed E-state index contributed by atoms with van der Waals surface area (Å²) in [5.41, 5.74) is -0.363. The lowest BCUT2D eigenvalue weighted by Crippen LogP contribution is -2.06. The van der Waals surface area contributed by atoms with Gasteiger partial charge < -0.3 is 4.74 Å². The van der Waals surface area contributed by atoms with Crippen molar-refractivity contribution in [3.63, 3.8) is 0 Å². The molecule has 10 heteroatoms. The van der Waals surface area contributed by atoms with Crippen LogP contribution < -0.4 is 4.74 Å². The molecule has 2 rings (SSSR count). The van der Waals surface area contributed by atoms with Gasteiger partial charge in [0.2, 0.25) is 5.03 Å². The van der Waals surface area contributed by atoms with Crippen molar-refractivity contribution in [1.82, 2.24) is 15.0 Å². The summed E-state index contributed by atoms with van der Waals surface area (Å²) >= 11 is 6.10. The van der Waals surface area contributed by atoms with Crippen LogP contribution in [0.25, 0.3) is 0 Å². The maximum Gasteiger partial charge on any atom is 0.285 e. The third kappa shape index (κ3) is 3.36. The summed E-state index contributed by atoms with van der Waals surface area (Å²) < 4.78 is 53.8. The molecular weight excluding hydrogens is 340 g/mol. The Labute approximate surface area is 130 Å². The summed E-state index contributed by atoms with van der Waals surface area (Å²) in [5, 5.41) is 6.72. The molecule has 0 unspecified atom stereocenters. The molecule has 0 saturated heterocycles. The number of nitrogens with zero attached hydrogens (tertiary/aromatic N) is 3. The molecule has 0 aliphatic carbocycles. The fraction of sp³-hybridized carbons (Fsp3) is 0.333. The molecule has 120 valence electrons. The van der Waals surface area contributed by atoms with E-state index in [0.717, 1.165) is 11.1 Å². The minimum absolute atomic E-state index is 0.0642. The third-order valence-electron chi connectivity index (χ3n) is 2.78. The zero-order valence-corrected chi connectivity index (χ0v) is 13.2. The Hall–Kier alpha value is -1.74. The van der Waals surface area contributed by atoms with Gasteiger partial charge in [0.25, 0.3) is 6.43 Å². The molecular formula is C12H12ClF2N3O3S. The van der Waals surface area contributed by atoms with Gasteiger partial charge >= 0.3 is 0 Å². The van der Waals surface area contributed by atoms with Gasteiger partial charge in [0.1, 0.15) is 5.75 Å². The average molecular weight is 352 g/mol. The van der Waals surface area contributed by atoms with Crippen molar-refractivity contribution >= 4 is 21.4 Å². The van der Waals surface area contributed by atoms with Crippen molar-refractivity contribution in [2.75, 3.05) is 13.4 Å².